The van der Waals surface area contributed by atoms with Crippen molar-refractivity contribution in [2.75, 3.05) is 0 Å². The molecule has 0 spiro atoms. The van der Waals surface area contributed by atoms with E-state index in [4.69, 9.17) is 0 Å². The number of hydrogen-bond acceptors (Lipinski definition) is 3. The molecular formula is C17H13F2N3O. The van der Waals surface area contributed by atoms with E-state index in [0.29, 0.717) is 17.1 Å². The van der Waals surface area contributed by atoms with Crippen molar-refractivity contribution in [1.82, 2.24) is 15.0 Å². The molecule has 0 aliphatic carbocycles. The van der Waals surface area contributed by atoms with Crippen molar-refractivity contribution >= 4 is 12.2 Å². The summed E-state index contributed by atoms with van der Waals surface area (Å²) in [5.74, 6) is -0.707. The van der Waals surface area contributed by atoms with E-state index in [2.05, 4.69) is 10.3 Å². The fourth-order valence-electron chi connectivity index (χ4n) is 2.15. The van der Waals surface area contributed by atoms with E-state index in [1.54, 1.807) is 36.4 Å². The van der Waals surface area contributed by atoms with Crippen molar-refractivity contribution < 1.29 is 13.9 Å². The van der Waals surface area contributed by atoms with Gasteiger partial charge in [0.05, 0.1) is 18.0 Å². The maximum atomic E-state index is 13.4. The SMILES string of the molecule is OCc1nnn(-c2cccc(F)c2)c1/C=C/c1ccc(F)cc1. The van der Waals surface area contributed by atoms with Gasteiger partial charge in [-0.25, -0.2) is 13.5 Å². The lowest BCUT2D eigenvalue weighted by atomic mass is 10.2. The quantitative estimate of drug-likeness (QED) is 0.804. The summed E-state index contributed by atoms with van der Waals surface area (Å²) in [4.78, 5) is 0. The lowest BCUT2D eigenvalue weighted by Crippen LogP contribution is -2.00. The van der Waals surface area contributed by atoms with Crippen LogP contribution in [0.15, 0.2) is 48.5 Å². The number of aromatic nitrogens is 3. The maximum absolute atomic E-state index is 13.4. The summed E-state index contributed by atoms with van der Waals surface area (Å²) in [5, 5.41) is 17.2. The Morgan fingerprint density at radius 1 is 1.00 bits per heavy atom. The van der Waals surface area contributed by atoms with Gasteiger partial charge >= 0.3 is 0 Å². The van der Waals surface area contributed by atoms with Gasteiger partial charge in [-0.2, -0.15) is 0 Å². The van der Waals surface area contributed by atoms with Crippen LogP contribution in [0.2, 0.25) is 0 Å². The highest BCUT2D eigenvalue weighted by Gasteiger charge is 2.11. The van der Waals surface area contributed by atoms with Crippen molar-refractivity contribution in [2.45, 2.75) is 6.61 Å². The van der Waals surface area contributed by atoms with Crippen LogP contribution in [-0.2, 0) is 6.61 Å². The van der Waals surface area contributed by atoms with Crippen LogP contribution in [0.25, 0.3) is 17.8 Å². The number of aliphatic hydroxyl groups excluding tert-OH is 1. The van der Waals surface area contributed by atoms with Crippen LogP contribution in [0.1, 0.15) is 17.0 Å². The molecule has 0 bridgehead atoms. The van der Waals surface area contributed by atoms with Crippen LogP contribution >= 0.6 is 0 Å². The second-order valence-corrected chi connectivity index (χ2v) is 4.86. The van der Waals surface area contributed by atoms with Gasteiger partial charge in [0.15, 0.2) is 0 Å². The lowest BCUT2D eigenvalue weighted by molar-refractivity contribution is 0.276. The van der Waals surface area contributed by atoms with Crippen LogP contribution in [0.5, 0.6) is 0 Å². The van der Waals surface area contributed by atoms with E-state index in [9.17, 15) is 13.9 Å². The first kappa shape index (κ1) is 15.1. The van der Waals surface area contributed by atoms with E-state index in [-0.39, 0.29) is 12.4 Å². The van der Waals surface area contributed by atoms with Crippen LogP contribution in [0.4, 0.5) is 8.78 Å². The zero-order chi connectivity index (χ0) is 16.2. The summed E-state index contributed by atoms with van der Waals surface area (Å²) in [7, 11) is 0. The van der Waals surface area contributed by atoms with Crippen LogP contribution in [-0.4, -0.2) is 20.1 Å². The molecule has 6 heteroatoms. The van der Waals surface area contributed by atoms with E-state index in [1.807, 2.05) is 0 Å². The van der Waals surface area contributed by atoms with Crippen LogP contribution in [0, 0.1) is 11.6 Å². The van der Waals surface area contributed by atoms with Gasteiger partial charge < -0.3 is 5.11 Å². The standard InChI is InChI=1S/C17H13F2N3O/c18-13-7-4-12(5-8-13)6-9-17-16(11-23)20-21-22(17)15-3-1-2-14(19)10-15/h1-10,23H,11H2/b9-6+. The number of aliphatic hydroxyl groups is 1. The Kier molecular flexibility index (Phi) is 4.25. The molecule has 3 aromatic rings. The van der Waals surface area contributed by atoms with Gasteiger partial charge in [-0.3, -0.25) is 0 Å². The molecule has 1 heterocycles. The molecule has 0 fully saturated rings. The third-order valence-electron chi connectivity index (χ3n) is 3.28. The van der Waals surface area contributed by atoms with E-state index in [0.717, 1.165) is 5.56 Å². The van der Waals surface area contributed by atoms with Crippen LogP contribution < -0.4 is 0 Å². The number of benzene rings is 2. The number of hydrogen-bond donors (Lipinski definition) is 1. The Morgan fingerprint density at radius 2 is 1.78 bits per heavy atom. The third kappa shape index (κ3) is 3.32. The molecule has 23 heavy (non-hydrogen) atoms. The highest BCUT2D eigenvalue weighted by atomic mass is 19.1. The molecule has 3 rings (SSSR count). The second kappa shape index (κ2) is 6.50. The Morgan fingerprint density at radius 3 is 2.48 bits per heavy atom. The van der Waals surface area contributed by atoms with Crippen molar-refractivity contribution in [1.29, 1.82) is 0 Å². The third-order valence-corrected chi connectivity index (χ3v) is 3.28. The predicted molar refractivity (Wildman–Crippen MR) is 82.6 cm³/mol. The Balaban J connectivity index is 2.00. The van der Waals surface area contributed by atoms with Gasteiger partial charge in [-0.05, 0) is 42.0 Å². The van der Waals surface area contributed by atoms with Gasteiger partial charge in [-0.1, -0.05) is 29.5 Å². The first-order valence-electron chi connectivity index (χ1n) is 6.92. The summed E-state index contributed by atoms with van der Waals surface area (Å²) in [6, 6.07) is 11.9. The zero-order valence-electron chi connectivity index (χ0n) is 12.0. The minimum absolute atomic E-state index is 0.293. The highest BCUT2D eigenvalue weighted by molar-refractivity contribution is 5.69. The fourth-order valence-corrected chi connectivity index (χ4v) is 2.15. The summed E-state index contributed by atoms with van der Waals surface area (Å²) < 4.78 is 27.8. The first-order valence-corrected chi connectivity index (χ1v) is 6.92. The van der Waals surface area contributed by atoms with E-state index >= 15 is 0 Å². The minimum Gasteiger partial charge on any atom is -0.390 e. The van der Waals surface area contributed by atoms with Gasteiger partial charge in [0.1, 0.15) is 17.3 Å². The Hall–Kier alpha value is -2.86. The van der Waals surface area contributed by atoms with Gasteiger partial charge in [-0.15, -0.1) is 5.10 Å². The smallest absolute Gasteiger partial charge is 0.125 e. The average molecular weight is 313 g/mol. The molecule has 0 atom stereocenters. The van der Waals surface area contributed by atoms with Gasteiger partial charge in [0.2, 0.25) is 0 Å². The molecule has 0 unspecified atom stereocenters. The second-order valence-electron chi connectivity index (χ2n) is 4.86. The molecule has 0 amide bonds. The lowest BCUT2D eigenvalue weighted by Gasteiger charge is -2.04. The molecule has 2 aromatic carbocycles. The van der Waals surface area contributed by atoms with Gasteiger partial charge in [0, 0.05) is 0 Å². The average Bonchev–Trinajstić information content (AvgIpc) is 2.97. The molecule has 4 nitrogen and oxygen atoms in total. The summed E-state index contributed by atoms with van der Waals surface area (Å²) >= 11 is 0. The first-order chi connectivity index (χ1) is 11.2. The van der Waals surface area contributed by atoms with Crippen molar-refractivity contribution in [3.63, 3.8) is 0 Å². The minimum atomic E-state index is -0.392. The Bertz CT molecular complexity index is 841. The van der Waals surface area contributed by atoms with Crippen molar-refractivity contribution in [2.24, 2.45) is 0 Å². The summed E-state index contributed by atoms with van der Waals surface area (Å²) in [6.07, 6.45) is 3.44. The topological polar surface area (TPSA) is 50.9 Å². The summed E-state index contributed by atoms with van der Waals surface area (Å²) in [6.45, 7) is -0.293. The van der Waals surface area contributed by atoms with Crippen molar-refractivity contribution in [3.8, 4) is 5.69 Å². The van der Waals surface area contributed by atoms with E-state index in [1.165, 1.54) is 28.9 Å². The largest absolute Gasteiger partial charge is 0.390 e. The zero-order valence-corrected chi connectivity index (χ0v) is 12.0. The van der Waals surface area contributed by atoms with Crippen LogP contribution in [0.3, 0.4) is 0 Å². The molecule has 1 aromatic heterocycles. The highest BCUT2D eigenvalue weighted by Crippen LogP contribution is 2.17. The Labute approximate surface area is 131 Å². The van der Waals surface area contributed by atoms with Crippen molar-refractivity contribution in [3.05, 3.63) is 77.1 Å². The molecule has 0 saturated heterocycles. The molecule has 0 aliphatic rings. The predicted octanol–water partition coefficient (Wildman–Crippen LogP) is 3.21. The number of nitrogens with zero attached hydrogens (tertiary/aromatic N) is 3. The molecule has 1 N–H and O–H groups in total. The summed E-state index contributed by atoms with van der Waals surface area (Å²) in [5.41, 5.74) is 2.17. The number of halogens is 2. The molecule has 0 aliphatic heterocycles. The maximum Gasteiger partial charge on any atom is 0.125 e. The number of rotatable bonds is 4. The normalized spacial score (nSPS) is 11.3. The van der Waals surface area contributed by atoms with E-state index < -0.39 is 5.82 Å². The molecule has 0 radical (unpaired) electrons. The monoisotopic (exact) mass is 313 g/mol. The molecule has 0 saturated carbocycles. The molecule has 116 valence electrons. The molecular weight excluding hydrogens is 300 g/mol. The van der Waals surface area contributed by atoms with Gasteiger partial charge in [0.25, 0.3) is 0 Å². The fraction of sp³-hybridized carbons (Fsp3) is 0.0588.